The molecule has 0 heterocycles. The lowest BCUT2D eigenvalue weighted by molar-refractivity contribution is 0.0320. The third kappa shape index (κ3) is 3.65. The highest BCUT2D eigenvalue weighted by molar-refractivity contribution is 5.21. The summed E-state index contributed by atoms with van der Waals surface area (Å²) in [5.41, 5.74) is 2.39. The zero-order valence-electron chi connectivity index (χ0n) is 9.64. The summed E-state index contributed by atoms with van der Waals surface area (Å²) in [6.07, 6.45) is -0.243. The molecule has 2 atom stereocenters. The average Bonchev–Trinajstić information content (AvgIpc) is 2.15. The summed E-state index contributed by atoms with van der Waals surface area (Å²) in [7, 11) is 0. The summed E-state index contributed by atoms with van der Waals surface area (Å²) in [5, 5.41) is 19.1. The van der Waals surface area contributed by atoms with Gasteiger partial charge in [0.05, 0.1) is 12.2 Å². The van der Waals surface area contributed by atoms with Crippen molar-refractivity contribution in [1.82, 2.24) is 0 Å². The molecule has 84 valence electrons. The first-order valence-corrected chi connectivity index (χ1v) is 5.42. The van der Waals surface area contributed by atoms with Crippen molar-refractivity contribution in [3.8, 4) is 0 Å². The van der Waals surface area contributed by atoms with Crippen LogP contribution in [0.4, 0.5) is 0 Å². The minimum absolute atomic E-state index is 0.0901. The summed E-state index contributed by atoms with van der Waals surface area (Å²) >= 11 is 0. The Bertz CT molecular complexity index is 280. The van der Waals surface area contributed by atoms with E-state index in [4.69, 9.17) is 0 Å². The van der Waals surface area contributed by atoms with Crippen LogP contribution in [-0.4, -0.2) is 22.4 Å². The van der Waals surface area contributed by atoms with Gasteiger partial charge < -0.3 is 10.2 Å². The van der Waals surface area contributed by atoms with Crippen LogP contribution >= 0.6 is 0 Å². The second kappa shape index (κ2) is 5.29. The van der Waals surface area contributed by atoms with Gasteiger partial charge in [0, 0.05) is 5.92 Å². The van der Waals surface area contributed by atoms with Gasteiger partial charge in [-0.2, -0.15) is 0 Å². The molecule has 0 radical (unpaired) electrons. The van der Waals surface area contributed by atoms with Crippen LogP contribution in [0.15, 0.2) is 24.3 Å². The molecule has 2 N–H and O–H groups in total. The van der Waals surface area contributed by atoms with Crippen molar-refractivity contribution in [2.75, 3.05) is 0 Å². The van der Waals surface area contributed by atoms with Crippen LogP contribution in [0, 0.1) is 12.8 Å². The average molecular weight is 208 g/mol. The minimum atomic E-state index is -0.480. The van der Waals surface area contributed by atoms with Gasteiger partial charge in [0.25, 0.3) is 0 Å². The molecule has 0 fully saturated rings. The maximum absolute atomic E-state index is 9.54. The van der Waals surface area contributed by atoms with E-state index in [2.05, 4.69) is 12.1 Å². The van der Waals surface area contributed by atoms with Crippen molar-refractivity contribution in [2.45, 2.75) is 39.4 Å². The molecule has 0 saturated carbocycles. The van der Waals surface area contributed by atoms with Gasteiger partial charge in [-0.05, 0) is 32.8 Å². The van der Waals surface area contributed by atoms with Gasteiger partial charge in [0.1, 0.15) is 0 Å². The number of aliphatic hydroxyl groups is 2. The smallest absolute Gasteiger partial charge is 0.0568 e. The van der Waals surface area contributed by atoms with E-state index in [0.29, 0.717) is 0 Å². The molecule has 15 heavy (non-hydrogen) atoms. The van der Waals surface area contributed by atoms with Gasteiger partial charge in [-0.1, -0.05) is 29.8 Å². The van der Waals surface area contributed by atoms with Crippen LogP contribution < -0.4 is 0 Å². The van der Waals surface area contributed by atoms with Crippen molar-refractivity contribution in [3.63, 3.8) is 0 Å². The standard InChI is InChI=1S/C13H20O2/c1-9-4-6-12(7-5-9)8-13(10(2)14)11(3)15/h4-7,10-11,13-15H,8H2,1-3H3. The van der Waals surface area contributed by atoms with E-state index in [9.17, 15) is 10.2 Å². The summed E-state index contributed by atoms with van der Waals surface area (Å²) in [4.78, 5) is 0. The minimum Gasteiger partial charge on any atom is -0.393 e. The highest BCUT2D eigenvalue weighted by Gasteiger charge is 2.20. The second-order valence-corrected chi connectivity index (χ2v) is 4.33. The predicted octanol–water partition coefficient (Wildman–Crippen LogP) is 1.92. The fourth-order valence-corrected chi connectivity index (χ4v) is 1.74. The Morgan fingerprint density at radius 1 is 1.00 bits per heavy atom. The maximum Gasteiger partial charge on any atom is 0.0568 e. The third-order valence-corrected chi connectivity index (χ3v) is 2.83. The summed E-state index contributed by atoms with van der Waals surface area (Å²) < 4.78 is 0. The molecule has 0 aromatic heterocycles. The van der Waals surface area contributed by atoms with Crippen LogP contribution in [0.5, 0.6) is 0 Å². The van der Waals surface area contributed by atoms with Crippen molar-refractivity contribution >= 4 is 0 Å². The van der Waals surface area contributed by atoms with Gasteiger partial charge in [-0.25, -0.2) is 0 Å². The van der Waals surface area contributed by atoms with Gasteiger partial charge in [-0.15, -0.1) is 0 Å². The molecule has 0 bridgehead atoms. The summed E-state index contributed by atoms with van der Waals surface area (Å²) in [6.45, 7) is 5.50. The molecule has 0 aliphatic heterocycles. The van der Waals surface area contributed by atoms with Crippen LogP contribution in [-0.2, 0) is 6.42 Å². The molecular weight excluding hydrogens is 188 g/mol. The number of hydrogen-bond donors (Lipinski definition) is 2. The zero-order valence-corrected chi connectivity index (χ0v) is 9.64. The highest BCUT2D eigenvalue weighted by atomic mass is 16.3. The quantitative estimate of drug-likeness (QED) is 0.793. The van der Waals surface area contributed by atoms with Gasteiger partial charge in [0.2, 0.25) is 0 Å². The van der Waals surface area contributed by atoms with E-state index < -0.39 is 12.2 Å². The van der Waals surface area contributed by atoms with E-state index >= 15 is 0 Å². The molecule has 1 rings (SSSR count). The zero-order chi connectivity index (χ0) is 11.4. The molecule has 0 spiro atoms. The van der Waals surface area contributed by atoms with Crippen molar-refractivity contribution < 1.29 is 10.2 Å². The Balaban J connectivity index is 2.70. The Labute approximate surface area is 91.6 Å². The van der Waals surface area contributed by atoms with Gasteiger partial charge in [-0.3, -0.25) is 0 Å². The topological polar surface area (TPSA) is 40.5 Å². The van der Waals surface area contributed by atoms with E-state index in [0.717, 1.165) is 12.0 Å². The van der Waals surface area contributed by atoms with E-state index in [1.807, 2.05) is 19.1 Å². The molecule has 2 unspecified atom stereocenters. The van der Waals surface area contributed by atoms with Crippen molar-refractivity contribution in [3.05, 3.63) is 35.4 Å². The second-order valence-electron chi connectivity index (χ2n) is 4.33. The van der Waals surface area contributed by atoms with E-state index in [-0.39, 0.29) is 5.92 Å². The molecule has 0 aliphatic rings. The lowest BCUT2D eigenvalue weighted by Gasteiger charge is -2.22. The number of benzene rings is 1. The van der Waals surface area contributed by atoms with Gasteiger partial charge in [0.15, 0.2) is 0 Å². The largest absolute Gasteiger partial charge is 0.393 e. The fraction of sp³-hybridized carbons (Fsp3) is 0.538. The van der Waals surface area contributed by atoms with Crippen molar-refractivity contribution in [2.24, 2.45) is 5.92 Å². The third-order valence-electron chi connectivity index (χ3n) is 2.83. The number of hydrogen-bond acceptors (Lipinski definition) is 2. The van der Waals surface area contributed by atoms with E-state index in [1.165, 1.54) is 5.56 Å². The SMILES string of the molecule is Cc1ccc(CC(C(C)O)C(C)O)cc1. The highest BCUT2D eigenvalue weighted by Crippen LogP contribution is 2.17. The lowest BCUT2D eigenvalue weighted by atomic mass is 9.90. The van der Waals surface area contributed by atoms with Crippen LogP contribution in [0.25, 0.3) is 0 Å². The molecule has 0 aliphatic carbocycles. The normalized spacial score (nSPS) is 17.1. The Morgan fingerprint density at radius 2 is 1.47 bits per heavy atom. The lowest BCUT2D eigenvalue weighted by Crippen LogP contribution is -2.29. The molecule has 2 heteroatoms. The van der Waals surface area contributed by atoms with E-state index in [1.54, 1.807) is 13.8 Å². The summed E-state index contributed by atoms with van der Waals surface area (Å²) in [6, 6.07) is 8.20. The monoisotopic (exact) mass is 208 g/mol. The first-order chi connectivity index (χ1) is 7.00. The Morgan fingerprint density at radius 3 is 1.87 bits per heavy atom. The maximum atomic E-state index is 9.54. The molecular formula is C13H20O2. The predicted molar refractivity (Wildman–Crippen MR) is 61.7 cm³/mol. The summed E-state index contributed by atoms with van der Waals surface area (Å²) in [5.74, 6) is -0.0901. The number of aryl methyl sites for hydroxylation is 1. The van der Waals surface area contributed by atoms with Crippen LogP contribution in [0.1, 0.15) is 25.0 Å². The van der Waals surface area contributed by atoms with Gasteiger partial charge >= 0.3 is 0 Å². The Kier molecular flexibility index (Phi) is 4.30. The first kappa shape index (κ1) is 12.2. The van der Waals surface area contributed by atoms with Crippen molar-refractivity contribution in [1.29, 1.82) is 0 Å². The Hall–Kier alpha value is -0.860. The van der Waals surface area contributed by atoms with Crippen LogP contribution in [0.2, 0.25) is 0 Å². The molecule has 1 aromatic carbocycles. The molecule has 1 aromatic rings. The molecule has 2 nitrogen and oxygen atoms in total. The van der Waals surface area contributed by atoms with Crippen LogP contribution in [0.3, 0.4) is 0 Å². The molecule has 0 amide bonds. The molecule has 0 saturated heterocycles. The first-order valence-electron chi connectivity index (χ1n) is 5.42. The fourth-order valence-electron chi connectivity index (χ4n) is 1.74. The number of rotatable bonds is 4. The number of aliphatic hydroxyl groups excluding tert-OH is 2.